The predicted molar refractivity (Wildman–Crippen MR) is 85.2 cm³/mol. The Morgan fingerprint density at radius 3 is 1.95 bits per heavy atom. The van der Waals surface area contributed by atoms with Crippen LogP contribution in [0.3, 0.4) is 0 Å². The van der Waals surface area contributed by atoms with Crippen molar-refractivity contribution in [3.05, 3.63) is 0 Å². The Morgan fingerprint density at radius 2 is 1.45 bits per heavy atom. The Labute approximate surface area is 125 Å². The molecule has 1 rings (SSSR count). The van der Waals surface area contributed by atoms with E-state index in [1.807, 2.05) is 0 Å². The van der Waals surface area contributed by atoms with Crippen LogP contribution in [0.1, 0.15) is 90.9 Å². The van der Waals surface area contributed by atoms with Crippen LogP contribution in [0.15, 0.2) is 10.3 Å². The number of hydrogen-bond acceptors (Lipinski definition) is 4. The smallest absolute Gasteiger partial charge is 0.133 e. The van der Waals surface area contributed by atoms with Gasteiger partial charge in [0.1, 0.15) is 6.67 Å². The van der Waals surface area contributed by atoms with Crippen LogP contribution in [-0.2, 0) is 0 Å². The van der Waals surface area contributed by atoms with Crippen LogP contribution < -0.4 is 5.53 Å². The van der Waals surface area contributed by atoms with Crippen molar-refractivity contribution in [1.29, 1.82) is 0 Å². The van der Waals surface area contributed by atoms with E-state index in [1.165, 1.54) is 77.0 Å². The fourth-order valence-electron chi connectivity index (χ4n) is 2.72. The molecule has 1 aliphatic heterocycles. The van der Waals surface area contributed by atoms with Gasteiger partial charge >= 0.3 is 0 Å². The van der Waals surface area contributed by atoms with Crippen LogP contribution in [0.2, 0.25) is 0 Å². The molecule has 4 heteroatoms. The summed E-state index contributed by atoms with van der Waals surface area (Å²) in [6.45, 7) is 5.24. The van der Waals surface area contributed by atoms with Crippen molar-refractivity contribution in [3.63, 3.8) is 0 Å². The second-order valence-electron chi connectivity index (χ2n) is 6.13. The van der Waals surface area contributed by atoms with Gasteiger partial charge < -0.3 is 0 Å². The Balaban J connectivity index is 1.76. The van der Waals surface area contributed by atoms with Gasteiger partial charge in [-0.05, 0) is 13.3 Å². The SMILES string of the molecule is CCCCCCCCCCCCCC(C)N1CN=NN1. The molecular weight excluding hydrogens is 248 g/mol. The maximum atomic E-state index is 3.93. The Morgan fingerprint density at radius 1 is 0.900 bits per heavy atom. The van der Waals surface area contributed by atoms with Crippen molar-refractivity contribution in [2.24, 2.45) is 10.3 Å². The van der Waals surface area contributed by atoms with E-state index >= 15 is 0 Å². The molecule has 1 N–H and O–H groups in total. The van der Waals surface area contributed by atoms with Crippen molar-refractivity contribution in [2.75, 3.05) is 6.67 Å². The summed E-state index contributed by atoms with van der Waals surface area (Å²) in [5.41, 5.74) is 2.94. The molecule has 1 aliphatic rings. The molecule has 0 amide bonds. The molecule has 0 bridgehead atoms. The summed E-state index contributed by atoms with van der Waals surface area (Å²) in [5.74, 6) is 0. The zero-order valence-electron chi connectivity index (χ0n) is 13.6. The van der Waals surface area contributed by atoms with Crippen molar-refractivity contribution in [1.82, 2.24) is 10.5 Å². The number of hydrazine groups is 1. The largest absolute Gasteiger partial charge is 0.220 e. The first-order valence-electron chi connectivity index (χ1n) is 8.73. The maximum Gasteiger partial charge on any atom is 0.133 e. The average molecular weight is 282 g/mol. The normalized spacial score (nSPS) is 16.5. The molecule has 1 atom stereocenters. The van der Waals surface area contributed by atoms with Crippen LogP contribution in [0.25, 0.3) is 0 Å². The molecule has 0 aromatic rings. The summed E-state index contributed by atoms with van der Waals surface area (Å²) in [4.78, 5) is 0. The van der Waals surface area contributed by atoms with Gasteiger partial charge in [0.2, 0.25) is 0 Å². The molecule has 4 nitrogen and oxygen atoms in total. The van der Waals surface area contributed by atoms with Crippen molar-refractivity contribution < 1.29 is 0 Å². The second kappa shape index (κ2) is 12.1. The van der Waals surface area contributed by atoms with Crippen molar-refractivity contribution in [3.8, 4) is 0 Å². The number of rotatable bonds is 13. The quantitative estimate of drug-likeness (QED) is 0.470. The first-order valence-corrected chi connectivity index (χ1v) is 8.73. The lowest BCUT2D eigenvalue weighted by Gasteiger charge is -2.20. The monoisotopic (exact) mass is 282 g/mol. The van der Waals surface area contributed by atoms with E-state index in [0.29, 0.717) is 12.7 Å². The third-order valence-electron chi connectivity index (χ3n) is 4.22. The van der Waals surface area contributed by atoms with Gasteiger partial charge in [-0.25, -0.2) is 5.53 Å². The third-order valence-corrected chi connectivity index (χ3v) is 4.22. The molecule has 118 valence electrons. The van der Waals surface area contributed by atoms with Gasteiger partial charge in [-0.1, -0.05) is 82.8 Å². The van der Waals surface area contributed by atoms with Gasteiger partial charge in [0, 0.05) is 6.04 Å². The molecule has 0 aromatic heterocycles. The van der Waals surface area contributed by atoms with Crippen molar-refractivity contribution in [2.45, 2.75) is 96.9 Å². The van der Waals surface area contributed by atoms with E-state index in [9.17, 15) is 0 Å². The fourth-order valence-corrected chi connectivity index (χ4v) is 2.72. The second-order valence-corrected chi connectivity index (χ2v) is 6.13. The summed E-state index contributed by atoms with van der Waals surface area (Å²) in [6.07, 6.45) is 16.8. The molecular formula is C16H34N4. The van der Waals surface area contributed by atoms with E-state index in [1.54, 1.807) is 0 Å². The first-order chi connectivity index (χ1) is 9.84. The number of unbranched alkanes of at least 4 members (excludes halogenated alkanes) is 10. The van der Waals surface area contributed by atoms with Crippen LogP contribution in [0, 0.1) is 0 Å². The van der Waals surface area contributed by atoms with Gasteiger partial charge in [0.25, 0.3) is 0 Å². The highest BCUT2D eigenvalue weighted by atomic mass is 15.8. The molecule has 20 heavy (non-hydrogen) atoms. The molecule has 0 spiro atoms. The van der Waals surface area contributed by atoms with Gasteiger partial charge in [-0.2, -0.15) is 10.1 Å². The summed E-state index contributed by atoms with van der Waals surface area (Å²) in [5, 5.41) is 9.83. The molecule has 0 aromatic carbocycles. The molecule has 0 radical (unpaired) electrons. The zero-order chi connectivity index (χ0) is 14.5. The van der Waals surface area contributed by atoms with Gasteiger partial charge in [0.15, 0.2) is 0 Å². The van der Waals surface area contributed by atoms with E-state index < -0.39 is 0 Å². The molecule has 0 saturated heterocycles. The Hall–Kier alpha value is -0.640. The van der Waals surface area contributed by atoms with E-state index in [0.717, 1.165) is 0 Å². The third kappa shape index (κ3) is 8.51. The Bertz CT molecular complexity index is 235. The average Bonchev–Trinajstić information content (AvgIpc) is 2.99. The van der Waals surface area contributed by atoms with Gasteiger partial charge in [-0.15, -0.1) is 0 Å². The summed E-state index contributed by atoms with van der Waals surface area (Å²) in [6, 6.07) is 0.545. The van der Waals surface area contributed by atoms with Crippen LogP contribution in [0.4, 0.5) is 0 Å². The lowest BCUT2D eigenvalue weighted by Crippen LogP contribution is -2.37. The topological polar surface area (TPSA) is 40.0 Å². The molecule has 0 fully saturated rings. The minimum atomic E-state index is 0.545. The van der Waals surface area contributed by atoms with Crippen molar-refractivity contribution >= 4 is 0 Å². The van der Waals surface area contributed by atoms with Crippen LogP contribution in [0.5, 0.6) is 0 Å². The Kier molecular flexibility index (Phi) is 10.6. The highest BCUT2D eigenvalue weighted by molar-refractivity contribution is 4.63. The molecule has 0 saturated carbocycles. The summed E-state index contributed by atoms with van der Waals surface area (Å²) in [7, 11) is 0. The molecule has 1 unspecified atom stereocenters. The van der Waals surface area contributed by atoms with Gasteiger partial charge in [-0.3, -0.25) is 0 Å². The lowest BCUT2D eigenvalue weighted by atomic mass is 10.0. The van der Waals surface area contributed by atoms with E-state index in [4.69, 9.17) is 0 Å². The van der Waals surface area contributed by atoms with E-state index in [2.05, 4.69) is 34.7 Å². The first kappa shape index (κ1) is 17.4. The summed E-state index contributed by atoms with van der Waals surface area (Å²) >= 11 is 0. The number of hydrogen-bond donors (Lipinski definition) is 1. The number of nitrogens with one attached hydrogen (secondary N) is 1. The zero-order valence-corrected chi connectivity index (χ0v) is 13.6. The molecule has 0 aliphatic carbocycles. The van der Waals surface area contributed by atoms with Gasteiger partial charge in [0.05, 0.1) is 0 Å². The maximum absolute atomic E-state index is 3.93. The number of nitrogens with zero attached hydrogens (tertiary/aromatic N) is 3. The molecule has 1 heterocycles. The predicted octanol–water partition coefficient (Wildman–Crippen LogP) is 5.22. The highest BCUT2D eigenvalue weighted by Crippen LogP contribution is 2.14. The van der Waals surface area contributed by atoms with Crippen LogP contribution >= 0.6 is 0 Å². The van der Waals surface area contributed by atoms with Crippen LogP contribution in [-0.4, -0.2) is 17.7 Å². The standard InChI is InChI=1S/C16H34N4/c1-3-4-5-6-7-8-9-10-11-12-13-14-16(2)20-15-17-18-19-20/h16H,3-15H2,1-2H3,(H,17,19). The minimum absolute atomic E-state index is 0.545. The highest BCUT2D eigenvalue weighted by Gasteiger charge is 2.15. The minimum Gasteiger partial charge on any atom is -0.220 e. The lowest BCUT2D eigenvalue weighted by molar-refractivity contribution is 0.163. The summed E-state index contributed by atoms with van der Waals surface area (Å²) < 4.78 is 0. The van der Waals surface area contributed by atoms with E-state index in [-0.39, 0.29) is 0 Å². The fraction of sp³-hybridized carbons (Fsp3) is 1.00.